The molecule has 4 aromatic rings. The number of carbonyl (C=O) groups is 3. The molecule has 0 atom stereocenters. The fourth-order valence-electron chi connectivity index (χ4n) is 4.44. The number of aldehydes is 1. The van der Waals surface area contributed by atoms with Crippen LogP contribution in [0.25, 0.3) is 5.65 Å². The summed E-state index contributed by atoms with van der Waals surface area (Å²) in [6.07, 6.45) is 12.8. The number of aryl methyl sites for hydroxylation is 2. The predicted octanol–water partition coefficient (Wildman–Crippen LogP) is 4.31. The molecule has 2 aliphatic carbocycles. The van der Waals surface area contributed by atoms with E-state index in [-0.39, 0.29) is 25.1 Å². The van der Waals surface area contributed by atoms with E-state index in [1.807, 2.05) is 55.8 Å². The van der Waals surface area contributed by atoms with Gasteiger partial charge >= 0.3 is 6.03 Å². The Labute approximate surface area is 250 Å². The summed E-state index contributed by atoms with van der Waals surface area (Å²) in [7, 11) is 3.32. The topological polar surface area (TPSA) is 135 Å². The van der Waals surface area contributed by atoms with Gasteiger partial charge in [-0.25, -0.2) is 24.7 Å². The third-order valence-corrected chi connectivity index (χ3v) is 7.24. The quantitative estimate of drug-likeness (QED) is 0.249. The summed E-state index contributed by atoms with van der Waals surface area (Å²) in [6.45, 7) is 4.15. The van der Waals surface area contributed by atoms with Crippen LogP contribution < -0.4 is 15.0 Å². The molecule has 7 rings (SSSR count). The summed E-state index contributed by atoms with van der Waals surface area (Å²) in [5.41, 5.74) is 5.06. The van der Waals surface area contributed by atoms with Gasteiger partial charge in [0.25, 0.3) is 0 Å². The smallest absolute Gasteiger partial charge is 0.331 e. The van der Waals surface area contributed by atoms with Crippen LogP contribution in [0.2, 0.25) is 0 Å². The third kappa shape index (κ3) is 7.51. The lowest BCUT2D eigenvalue weighted by molar-refractivity contribution is -0.123. The molecule has 0 bridgehead atoms. The monoisotopic (exact) mass is 584 g/mol. The predicted molar refractivity (Wildman–Crippen MR) is 161 cm³/mol. The normalized spacial score (nSPS) is 15.9. The Morgan fingerprint density at radius 1 is 1.05 bits per heavy atom. The number of aromatic nitrogens is 5. The molecule has 12 nitrogen and oxygen atoms in total. The summed E-state index contributed by atoms with van der Waals surface area (Å²) in [5.74, 6) is 2.17. The van der Waals surface area contributed by atoms with Crippen molar-refractivity contribution in [3.63, 3.8) is 0 Å². The molecular weight excluding hydrogens is 548 g/mol. The molecule has 3 amide bonds. The van der Waals surface area contributed by atoms with Gasteiger partial charge < -0.3 is 19.2 Å². The van der Waals surface area contributed by atoms with Crippen molar-refractivity contribution in [3.8, 4) is 5.75 Å². The Balaban J connectivity index is 0.000000254. The number of urea groups is 1. The molecule has 3 fully saturated rings. The Morgan fingerprint density at radius 3 is 2.37 bits per heavy atom. The number of nitrogens with zero attached hydrogens (tertiary/aromatic N) is 7. The SMILES string of the molecule is CNc1cc(OCc2cn3cc(C4CC4)cc(N4CC(=O)N(C)C4=O)c3n2)cc(C)n1.Cc1ccncn1.O=CC1CC1. The zero-order valence-corrected chi connectivity index (χ0v) is 24.9. The van der Waals surface area contributed by atoms with E-state index in [1.54, 1.807) is 6.20 Å². The molecule has 2 saturated carbocycles. The molecule has 224 valence electrons. The number of anilines is 2. The molecule has 5 heterocycles. The molecule has 43 heavy (non-hydrogen) atoms. The zero-order chi connectivity index (χ0) is 30.5. The van der Waals surface area contributed by atoms with Gasteiger partial charge in [-0.2, -0.15) is 0 Å². The second-order valence-electron chi connectivity index (χ2n) is 10.9. The number of carbonyl (C=O) groups excluding carboxylic acids is 3. The van der Waals surface area contributed by atoms with Crippen LogP contribution in [0.15, 0.2) is 49.2 Å². The maximum Gasteiger partial charge on any atom is 0.331 e. The Hall–Kier alpha value is -4.87. The van der Waals surface area contributed by atoms with Crippen molar-refractivity contribution in [1.29, 1.82) is 0 Å². The standard InChI is InChI=1S/C22H24N6O3.C5H6N2.C4H6O/c1-13-6-17(8-19(23-2)24-13)31-12-16-10-27-9-15(14-4-5-14)7-18(21(27)25-16)28-11-20(29)26(3)22(28)30;1-5-2-3-6-4-7-5;5-3-4-1-2-4/h6-10,14H,4-5,11-12H2,1-3H3,(H,23,24);2-4H,1H3;3-4H,1-2H2. The highest BCUT2D eigenvalue weighted by Crippen LogP contribution is 2.42. The molecule has 4 aromatic heterocycles. The van der Waals surface area contributed by atoms with Crippen LogP contribution in [0.5, 0.6) is 5.75 Å². The van der Waals surface area contributed by atoms with Gasteiger partial charge in [0.1, 0.15) is 37.3 Å². The van der Waals surface area contributed by atoms with Crippen LogP contribution in [0, 0.1) is 19.8 Å². The van der Waals surface area contributed by atoms with E-state index in [0.29, 0.717) is 28.9 Å². The van der Waals surface area contributed by atoms with Crippen molar-refractivity contribution >= 4 is 35.4 Å². The maximum absolute atomic E-state index is 12.6. The van der Waals surface area contributed by atoms with Crippen LogP contribution in [0.1, 0.15) is 54.2 Å². The average Bonchev–Trinajstić information content (AvgIpc) is 3.95. The van der Waals surface area contributed by atoms with Gasteiger partial charge in [0, 0.05) is 62.1 Å². The number of amides is 3. The first kappa shape index (κ1) is 29.6. The highest BCUT2D eigenvalue weighted by molar-refractivity contribution is 6.13. The van der Waals surface area contributed by atoms with E-state index in [2.05, 4.69) is 26.5 Å². The van der Waals surface area contributed by atoms with E-state index >= 15 is 0 Å². The van der Waals surface area contributed by atoms with E-state index in [0.717, 1.165) is 65.3 Å². The molecule has 1 saturated heterocycles. The fourth-order valence-corrected chi connectivity index (χ4v) is 4.44. The molecule has 3 aliphatic rings. The Bertz CT molecular complexity index is 1620. The average molecular weight is 585 g/mol. The molecule has 0 radical (unpaired) electrons. The van der Waals surface area contributed by atoms with E-state index in [4.69, 9.17) is 9.72 Å². The van der Waals surface area contributed by atoms with Gasteiger partial charge in [-0.3, -0.25) is 14.6 Å². The molecule has 0 unspecified atom stereocenters. The first-order valence-corrected chi connectivity index (χ1v) is 14.3. The van der Waals surface area contributed by atoms with Crippen LogP contribution in [-0.2, 0) is 16.2 Å². The van der Waals surface area contributed by atoms with Crippen molar-refractivity contribution in [1.82, 2.24) is 29.2 Å². The van der Waals surface area contributed by atoms with Gasteiger partial charge in [0.05, 0.1) is 11.4 Å². The number of imide groups is 1. The number of nitrogens with one attached hydrogen (secondary N) is 1. The second kappa shape index (κ2) is 13.0. The largest absolute Gasteiger partial charge is 0.487 e. The number of ether oxygens (including phenoxy) is 1. The van der Waals surface area contributed by atoms with Crippen LogP contribution in [0.3, 0.4) is 0 Å². The third-order valence-electron chi connectivity index (χ3n) is 7.24. The molecule has 12 heteroatoms. The number of fused-ring (bicyclic) bond motifs is 1. The first-order valence-electron chi connectivity index (χ1n) is 14.3. The second-order valence-corrected chi connectivity index (χ2v) is 10.9. The number of hydrogen-bond acceptors (Lipinski definition) is 9. The minimum atomic E-state index is -0.326. The summed E-state index contributed by atoms with van der Waals surface area (Å²) < 4.78 is 7.90. The summed E-state index contributed by atoms with van der Waals surface area (Å²) >= 11 is 0. The van der Waals surface area contributed by atoms with Crippen LogP contribution in [0.4, 0.5) is 16.3 Å². The molecule has 1 N–H and O–H groups in total. The van der Waals surface area contributed by atoms with Crippen LogP contribution in [-0.4, -0.2) is 68.1 Å². The minimum absolute atomic E-state index is 0.0287. The summed E-state index contributed by atoms with van der Waals surface area (Å²) in [5, 5.41) is 3.02. The Morgan fingerprint density at radius 2 is 1.84 bits per heavy atom. The lowest BCUT2D eigenvalue weighted by Crippen LogP contribution is -2.30. The van der Waals surface area contributed by atoms with Crippen molar-refractivity contribution in [2.75, 3.05) is 30.9 Å². The zero-order valence-electron chi connectivity index (χ0n) is 24.9. The molecule has 0 spiro atoms. The van der Waals surface area contributed by atoms with E-state index in [9.17, 15) is 14.4 Å². The van der Waals surface area contributed by atoms with Gasteiger partial charge in [-0.15, -0.1) is 0 Å². The van der Waals surface area contributed by atoms with Crippen molar-refractivity contribution < 1.29 is 19.1 Å². The Kier molecular flexibility index (Phi) is 8.93. The lowest BCUT2D eigenvalue weighted by atomic mass is 10.1. The molecular formula is C31H36N8O4. The summed E-state index contributed by atoms with van der Waals surface area (Å²) in [4.78, 5) is 53.6. The number of imidazole rings is 1. The van der Waals surface area contributed by atoms with Gasteiger partial charge in [0.2, 0.25) is 5.91 Å². The minimum Gasteiger partial charge on any atom is -0.487 e. The van der Waals surface area contributed by atoms with Gasteiger partial charge in [0.15, 0.2) is 5.65 Å². The van der Waals surface area contributed by atoms with E-state index in [1.165, 1.54) is 18.3 Å². The summed E-state index contributed by atoms with van der Waals surface area (Å²) in [6, 6.07) is 7.24. The highest BCUT2D eigenvalue weighted by Gasteiger charge is 2.36. The first-order chi connectivity index (χ1) is 20.7. The van der Waals surface area contributed by atoms with Crippen molar-refractivity contribution in [3.05, 3.63) is 71.8 Å². The lowest BCUT2D eigenvalue weighted by Gasteiger charge is -2.17. The van der Waals surface area contributed by atoms with Crippen molar-refractivity contribution in [2.24, 2.45) is 5.92 Å². The van der Waals surface area contributed by atoms with Crippen LogP contribution >= 0.6 is 0 Å². The maximum atomic E-state index is 12.6. The highest BCUT2D eigenvalue weighted by atomic mass is 16.5. The number of likely N-dealkylation sites (N-methyl/N-ethyl adjacent to an activating group) is 1. The van der Waals surface area contributed by atoms with E-state index < -0.39 is 0 Å². The molecule has 0 aromatic carbocycles. The van der Waals surface area contributed by atoms with Gasteiger partial charge in [-0.05, 0) is 63.1 Å². The number of pyridine rings is 2. The molecule has 1 aliphatic heterocycles. The number of hydrogen-bond donors (Lipinski definition) is 1. The fraction of sp³-hybridized carbons (Fsp3) is 0.387. The number of rotatable bonds is 7. The van der Waals surface area contributed by atoms with Gasteiger partial charge in [-0.1, -0.05) is 0 Å². The van der Waals surface area contributed by atoms with Crippen molar-refractivity contribution in [2.45, 2.75) is 52.1 Å².